The number of hydrogen-bond donors (Lipinski definition) is 0. The van der Waals surface area contributed by atoms with Crippen LogP contribution in [0.4, 0.5) is 0 Å². The number of nitrogens with zero attached hydrogens (tertiary/aromatic N) is 3. The van der Waals surface area contributed by atoms with Crippen molar-refractivity contribution in [1.82, 2.24) is 9.55 Å². The molecule has 1 aliphatic rings. The molecule has 170 valence electrons. The predicted octanol–water partition coefficient (Wildman–Crippen LogP) is 5.20. The second kappa shape index (κ2) is 10.6. The second-order valence-corrected chi connectivity index (χ2v) is 8.77. The van der Waals surface area contributed by atoms with Gasteiger partial charge in [-0.05, 0) is 55.4 Å². The third-order valence-electron chi connectivity index (χ3n) is 6.41. The molecule has 1 saturated heterocycles. The van der Waals surface area contributed by atoms with E-state index in [0.29, 0.717) is 18.5 Å². The van der Waals surface area contributed by atoms with Crippen molar-refractivity contribution in [1.29, 1.82) is 5.26 Å². The van der Waals surface area contributed by atoms with Crippen LogP contribution < -0.4 is 5.56 Å². The molecule has 0 aliphatic carbocycles. The van der Waals surface area contributed by atoms with E-state index < -0.39 is 0 Å². The van der Waals surface area contributed by atoms with E-state index in [0.717, 1.165) is 72.5 Å². The Hall–Kier alpha value is -3.23. The fraction of sp³-hybridized carbons (Fsp3) is 0.393. The molecule has 33 heavy (non-hydrogen) atoms. The first-order chi connectivity index (χ1) is 16.1. The molecule has 0 spiro atoms. The number of benzene rings is 2. The van der Waals surface area contributed by atoms with Gasteiger partial charge in [-0.15, -0.1) is 0 Å². The maximum Gasteiger partial charge on any atom is 0.257 e. The summed E-state index contributed by atoms with van der Waals surface area (Å²) in [5, 5.41) is 9.41. The van der Waals surface area contributed by atoms with Crippen LogP contribution >= 0.6 is 0 Å². The average Bonchev–Trinajstić information content (AvgIpc) is 3.36. The van der Waals surface area contributed by atoms with Crippen molar-refractivity contribution in [3.8, 4) is 17.2 Å². The Morgan fingerprint density at radius 2 is 1.97 bits per heavy atom. The van der Waals surface area contributed by atoms with Gasteiger partial charge in [0.2, 0.25) is 0 Å². The van der Waals surface area contributed by atoms with Crippen LogP contribution in [-0.4, -0.2) is 22.3 Å². The summed E-state index contributed by atoms with van der Waals surface area (Å²) in [6.07, 6.45) is 5.58. The lowest BCUT2D eigenvalue weighted by Crippen LogP contribution is -2.33. The zero-order valence-electron chi connectivity index (χ0n) is 19.5. The minimum Gasteiger partial charge on any atom is -0.376 e. The SMILES string of the molecule is CCCCc1nc(C)n(CC2CCCO2)c(=O)c1Cc1ccc(-c2ccccc2C#N)cc1. The molecule has 4 rings (SSSR count). The van der Waals surface area contributed by atoms with Crippen LogP contribution in [-0.2, 0) is 24.1 Å². The van der Waals surface area contributed by atoms with Crippen LogP contribution in [0, 0.1) is 18.3 Å². The van der Waals surface area contributed by atoms with E-state index in [1.807, 2.05) is 43.3 Å². The fourth-order valence-electron chi connectivity index (χ4n) is 4.53. The number of unbranched alkanes of at least 4 members (excludes halogenated alkanes) is 1. The van der Waals surface area contributed by atoms with Gasteiger partial charge in [0.25, 0.3) is 5.56 Å². The Bertz CT molecular complexity index is 1200. The van der Waals surface area contributed by atoms with E-state index in [1.54, 1.807) is 4.57 Å². The number of nitriles is 1. The molecule has 3 aromatic rings. The largest absolute Gasteiger partial charge is 0.376 e. The predicted molar refractivity (Wildman–Crippen MR) is 130 cm³/mol. The van der Waals surface area contributed by atoms with Crippen molar-refractivity contribution in [2.24, 2.45) is 0 Å². The Kier molecular flexibility index (Phi) is 7.36. The molecular weight excluding hydrogens is 410 g/mol. The Balaban J connectivity index is 1.65. The highest BCUT2D eigenvalue weighted by molar-refractivity contribution is 5.70. The van der Waals surface area contributed by atoms with Crippen LogP contribution in [0.3, 0.4) is 0 Å². The Morgan fingerprint density at radius 3 is 2.67 bits per heavy atom. The number of rotatable bonds is 8. The van der Waals surface area contributed by atoms with Gasteiger partial charge >= 0.3 is 0 Å². The Labute approximate surface area is 195 Å². The fourth-order valence-corrected chi connectivity index (χ4v) is 4.53. The summed E-state index contributed by atoms with van der Waals surface area (Å²) in [4.78, 5) is 18.4. The molecule has 1 unspecified atom stereocenters. The summed E-state index contributed by atoms with van der Waals surface area (Å²) >= 11 is 0. The topological polar surface area (TPSA) is 67.9 Å². The van der Waals surface area contributed by atoms with Crippen LogP contribution in [0.25, 0.3) is 11.1 Å². The van der Waals surface area contributed by atoms with E-state index in [2.05, 4.69) is 25.1 Å². The molecule has 5 heteroatoms. The highest BCUT2D eigenvalue weighted by atomic mass is 16.5. The number of aryl methyl sites for hydroxylation is 2. The first kappa shape index (κ1) is 22.9. The molecule has 0 saturated carbocycles. The van der Waals surface area contributed by atoms with E-state index >= 15 is 0 Å². The molecule has 0 bridgehead atoms. The molecular formula is C28H31N3O2. The van der Waals surface area contributed by atoms with E-state index in [9.17, 15) is 10.1 Å². The van der Waals surface area contributed by atoms with Crippen molar-refractivity contribution < 1.29 is 4.74 Å². The first-order valence-corrected chi connectivity index (χ1v) is 11.9. The summed E-state index contributed by atoms with van der Waals surface area (Å²) in [5.74, 6) is 0.772. The molecule has 5 nitrogen and oxygen atoms in total. The quantitative estimate of drug-likeness (QED) is 0.482. The summed E-state index contributed by atoms with van der Waals surface area (Å²) < 4.78 is 7.59. The number of hydrogen-bond acceptors (Lipinski definition) is 4. The van der Waals surface area contributed by atoms with Gasteiger partial charge in [0.1, 0.15) is 5.82 Å². The molecule has 0 amide bonds. The summed E-state index contributed by atoms with van der Waals surface area (Å²) in [7, 11) is 0. The van der Waals surface area contributed by atoms with Gasteiger partial charge in [0.05, 0.1) is 30.0 Å². The van der Waals surface area contributed by atoms with Crippen LogP contribution in [0.2, 0.25) is 0 Å². The lowest BCUT2D eigenvalue weighted by atomic mass is 9.97. The van der Waals surface area contributed by atoms with Gasteiger partial charge in [-0.3, -0.25) is 9.36 Å². The number of ether oxygens (including phenoxy) is 1. The zero-order chi connectivity index (χ0) is 23.2. The van der Waals surface area contributed by atoms with Crippen molar-refractivity contribution in [2.75, 3.05) is 6.61 Å². The third kappa shape index (κ3) is 5.23. The van der Waals surface area contributed by atoms with Crippen molar-refractivity contribution in [3.63, 3.8) is 0 Å². The molecule has 2 heterocycles. The Morgan fingerprint density at radius 1 is 1.18 bits per heavy atom. The van der Waals surface area contributed by atoms with Crippen molar-refractivity contribution in [3.05, 3.63) is 87.1 Å². The standard InChI is InChI=1S/C28H31N3O2/c1-3-4-11-27-26(28(32)31(20(2)30-27)19-24-9-7-16-33-24)17-21-12-14-22(15-13-21)25-10-6-5-8-23(25)18-29/h5-6,8,10,12-15,24H,3-4,7,9,11,16-17,19H2,1-2H3. The van der Waals surface area contributed by atoms with Gasteiger partial charge < -0.3 is 4.74 Å². The molecule has 1 atom stereocenters. The van der Waals surface area contributed by atoms with Gasteiger partial charge in [-0.1, -0.05) is 55.8 Å². The van der Waals surface area contributed by atoms with E-state index in [1.165, 1.54) is 0 Å². The van der Waals surface area contributed by atoms with Gasteiger partial charge in [0, 0.05) is 18.6 Å². The smallest absolute Gasteiger partial charge is 0.257 e. The summed E-state index contributed by atoms with van der Waals surface area (Å²) in [6.45, 7) is 5.43. The third-order valence-corrected chi connectivity index (χ3v) is 6.41. The molecule has 0 N–H and O–H groups in total. The minimum atomic E-state index is 0.0583. The number of aromatic nitrogens is 2. The van der Waals surface area contributed by atoms with Gasteiger partial charge in [0.15, 0.2) is 0 Å². The second-order valence-electron chi connectivity index (χ2n) is 8.77. The maximum absolute atomic E-state index is 13.6. The van der Waals surface area contributed by atoms with Gasteiger partial charge in [-0.25, -0.2) is 4.98 Å². The van der Waals surface area contributed by atoms with Crippen LogP contribution in [0.5, 0.6) is 0 Å². The summed E-state index contributed by atoms with van der Waals surface area (Å²) in [5.41, 5.74) is 5.41. The highest BCUT2D eigenvalue weighted by Gasteiger charge is 2.21. The summed E-state index contributed by atoms with van der Waals surface area (Å²) in [6, 6.07) is 18.0. The first-order valence-electron chi connectivity index (χ1n) is 11.9. The molecule has 2 aromatic carbocycles. The lowest BCUT2D eigenvalue weighted by molar-refractivity contribution is 0.0952. The van der Waals surface area contributed by atoms with E-state index in [4.69, 9.17) is 9.72 Å². The van der Waals surface area contributed by atoms with Gasteiger partial charge in [-0.2, -0.15) is 5.26 Å². The monoisotopic (exact) mass is 441 g/mol. The molecule has 1 fully saturated rings. The normalized spacial score (nSPS) is 15.5. The minimum absolute atomic E-state index is 0.0583. The van der Waals surface area contributed by atoms with Crippen LogP contribution in [0.1, 0.15) is 60.8 Å². The lowest BCUT2D eigenvalue weighted by Gasteiger charge is -2.18. The van der Waals surface area contributed by atoms with Crippen molar-refractivity contribution >= 4 is 0 Å². The van der Waals surface area contributed by atoms with Crippen LogP contribution in [0.15, 0.2) is 53.3 Å². The highest BCUT2D eigenvalue weighted by Crippen LogP contribution is 2.24. The van der Waals surface area contributed by atoms with E-state index in [-0.39, 0.29) is 11.7 Å². The maximum atomic E-state index is 13.6. The van der Waals surface area contributed by atoms with Crippen molar-refractivity contribution in [2.45, 2.75) is 65.0 Å². The molecule has 0 radical (unpaired) electrons. The average molecular weight is 442 g/mol. The zero-order valence-corrected chi connectivity index (χ0v) is 19.5. The molecule has 1 aliphatic heterocycles. The molecule has 1 aromatic heterocycles.